The van der Waals surface area contributed by atoms with Crippen LogP contribution in [0.3, 0.4) is 0 Å². The minimum Gasteiger partial charge on any atom is -0.356 e. The second-order valence-corrected chi connectivity index (χ2v) is 7.56. The first-order valence-electron chi connectivity index (χ1n) is 8.81. The Balaban J connectivity index is 1.64. The number of anilines is 1. The molecule has 2 aromatic rings. The summed E-state index contributed by atoms with van der Waals surface area (Å²) in [4.78, 5) is 25.9. The lowest BCUT2D eigenvalue weighted by Gasteiger charge is -2.37. The first-order chi connectivity index (χ1) is 12.4. The number of hydrogen-bond acceptors (Lipinski definition) is 6. The molecule has 1 aliphatic rings. The van der Waals surface area contributed by atoms with Gasteiger partial charge in [-0.05, 0) is 39.0 Å². The van der Waals surface area contributed by atoms with E-state index >= 15 is 0 Å². The van der Waals surface area contributed by atoms with Crippen LogP contribution in [-0.2, 0) is 7.05 Å². The molecule has 3 heterocycles. The zero-order valence-electron chi connectivity index (χ0n) is 16.1. The van der Waals surface area contributed by atoms with E-state index in [9.17, 15) is 4.79 Å². The maximum Gasteiger partial charge on any atom is 0.274 e. The Morgan fingerprint density at radius 1 is 1.23 bits per heavy atom. The summed E-state index contributed by atoms with van der Waals surface area (Å²) in [5.41, 5.74) is 2.49. The molecule has 8 heteroatoms. The van der Waals surface area contributed by atoms with Crippen molar-refractivity contribution in [1.82, 2.24) is 24.6 Å². The molecule has 7 nitrogen and oxygen atoms in total. The van der Waals surface area contributed by atoms with Crippen molar-refractivity contribution in [3.8, 4) is 0 Å². The summed E-state index contributed by atoms with van der Waals surface area (Å²) in [5, 5.41) is 5.12. The molecule has 0 aromatic carbocycles. The quantitative estimate of drug-likeness (QED) is 0.604. The molecule has 2 aromatic heterocycles. The SMILES string of the molecule is CSc1nc(C)cc(N2CCC(N(C)C(=O)c3cc(C)n(C)n3)CC2)n1. The predicted molar refractivity (Wildman–Crippen MR) is 104 cm³/mol. The molecule has 1 aliphatic heterocycles. The lowest BCUT2D eigenvalue weighted by atomic mass is 10.0. The summed E-state index contributed by atoms with van der Waals surface area (Å²) >= 11 is 1.56. The zero-order chi connectivity index (χ0) is 18.8. The Labute approximate surface area is 158 Å². The summed E-state index contributed by atoms with van der Waals surface area (Å²) in [6.07, 6.45) is 3.84. The Morgan fingerprint density at radius 3 is 2.50 bits per heavy atom. The summed E-state index contributed by atoms with van der Waals surface area (Å²) in [6, 6.07) is 4.11. The second-order valence-electron chi connectivity index (χ2n) is 6.78. The fourth-order valence-corrected chi connectivity index (χ4v) is 3.69. The van der Waals surface area contributed by atoms with E-state index in [0.29, 0.717) is 5.69 Å². The Morgan fingerprint density at radius 2 is 1.92 bits per heavy atom. The van der Waals surface area contributed by atoms with E-state index in [0.717, 1.165) is 48.3 Å². The van der Waals surface area contributed by atoms with Gasteiger partial charge in [0.25, 0.3) is 5.91 Å². The number of rotatable bonds is 4. The fraction of sp³-hybridized carbons (Fsp3) is 0.556. The van der Waals surface area contributed by atoms with Crippen molar-refractivity contribution in [3.05, 3.63) is 29.2 Å². The highest BCUT2D eigenvalue weighted by Gasteiger charge is 2.28. The van der Waals surface area contributed by atoms with E-state index < -0.39 is 0 Å². The van der Waals surface area contributed by atoms with Crippen LogP contribution in [0.1, 0.15) is 34.7 Å². The topological polar surface area (TPSA) is 67.2 Å². The van der Waals surface area contributed by atoms with E-state index in [1.54, 1.807) is 16.4 Å². The van der Waals surface area contributed by atoms with E-state index in [2.05, 4.69) is 20.0 Å². The van der Waals surface area contributed by atoms with Crippen molar-refractivity contribution in [2.24, 2.45) is 7.05 Å². The monoisotopic (exact) mass is 374 g/mol. The number of aromatic nitrogens is 4. The van der Waals surface area contributed by atoms with Crippen molar-refractivity contribution >= 4 is 23.5 Å². The molecule has 1 fully saturated rings. The van der Waals surface area contributed by atoms with Gasteiger partial charge in [-0.15, -0.1) is 0 Å². The van der Waals surface area contributed by atoms with Gasteiger partial charge in [0.05, 0.1) is 0 Å². The molecular formula is C18H26N6OS. The third-order valence-corrected chi connectivity index (χ3v) is 5.54. The summed E-state index contributed by atoms with van der Waals surface area (Å²) < 4.78 is 1.74. The maximum atomic E-state index is 12.7. The van der Waals surface area contributed by atoms with Crippen molar-refractivity contribution < 1.29 is 4.79 Å². The molecule has 0 N–H and O–H groups in total. The van der Waals surface area contributed by atoms with Crippen molar-refractivity contribution in [2.75, 3.05) is 31.3 Å². The highest BCUT2D eigenvalue weighted by molar-refractivity contribution is 7.98. The van der Waals surface area contributed by atoms with Crippen LogP contribution in [-0.4, -0.2) is 63.0 Å². The highest BCUT2D eigenvalue weighted by Crippen LogP contribution is 2.23. The molecule has 0 radical (unpaired) electrons. The van der Waals surface area contributed by atoms with Gasteiger partial charge in [-0.1, -0.05) is 11.8 Å². The van der Waals surface area contributed by atoms with Crippen molar-refractivity contribution in [3.63, 3.8) is 0 Å². The van der Waals surface area contributed by atoms with Gasteiger partial charge in [0.2, 0.25) is 0 Å². The van der Waals surface area contributed by atoms with E-state index in [4.69, 9.17) is 0 Å². The fourth-order valence-electron chi connectivity index (χ4n) is 3.27. The highest BCUT2D eigenvalue weighted by atomic mass is 32.2. The van der Waals surface area contributed by atoms with E-state index in [1.807, 2.05) is 51.2 Å². The molecule has 0 bridgehead atoms. The maximum absolute atomic E-state index is 12.7. The number of aryl methyl sites for hydroxylation is 3. The van der Waals surface area contributed by atoms with Crippen LogP contribution >= 0.6 is 11.8 Å². The smallest absolute Gasteiger partial charge is 0.274 e. The standard InChI is InChI=1S/C18H26N6OS/c1-12-10-16(20-18(19-12)26-5)24-8-6-14(7-9-24)22(3)17(25)15-11-13(2)23(4)21-15/h10-11,14H,6-9H2,1-5H3. The number of thioether (sulfide) groups is 1. The van der Waals surface area contributed by atoms with Gasteiger partial charge < -0.3 is 9.80 Å². The first kappa shape index (κ1) is 18.7. The molecule has 0 aliphatic carbocycles. The molecule has 26 heavy (non-hydrogen) atoms. The molecule has 3 rings (SSSR count). The van der Waals surface area contributed by atoms with Gasteiger partial charge in [-0.25, -0.2) is 9.97 Å². The van der Waals surface area contributed by atoms with Gasteiger partial charge in [0.1, 0.15) is 5.82 Å². The molecule has 0 spiro atoms. The average molecular weight is 375 g/mol. The molecule has 140 valence electrons. The molecule has 1 saturated heterocycles. The van der Waals surface area contributed by atoms with Crippen LogP contribution in [0.25, 0.3) is 0 Å². The summed E-state index contributed by atoms with van der Waals surface area (Å²) in [5.74, 6) is 0.976. The van der Waals surface area contributed by atoms with Crippen LogP contribution in [0.5, 0.6) is 0 Å². The zero-order valence-corrected chi connectivity index (χ0v) is 16.9. The number of piperidine rings is 1. The Bertz CT molecular complexity index is 777. The Hall–Kier alpha value is -2.09. The summed E-state index contributed by atoms with van der Waals surface area (Å²) in [6.45, 7) is 5.72. The van der Waals surface area contributed by atoms with Gasteiger partial charge >= 0.3 is 0 Å². The third kappa shape index (κ3) is 3.85. The van der Waals surface area contributed by atoms with Crippen LogP contribution in [0.15, 0.2) is 17.3 Å². The average Bonchev–Trinajstić information content (AvgIpc) is 2.98. The second kappa shape index (κ2) is 7.65. The minimum absolute atomic E-state index is 0.00491. The number of carbonyl (C=O) groups excluding carboxylic acids is 1. The third-order valence-electron chi connectivity index (χ3n) is 4.99. The normalized spacial score (nSPS) is 15.3. The number of carbonyl (C=O) groups is 1. The van der Waals surface area contributed by atoms with Gasteiger partial charge in [-0.3, -0.25) is 9.48 Å². The summed E-state index contributed by atoms with van der Waals surface area (Å²) in [7, 11) is 3.74. The van der Waals surface area contributed by atoms with Crippen molar-refractivity contribution in [1.29, 1.82) is 0 Å². The Kier molecular flexibility index (Phi) is 5.50. The van der Waals surface area contributed by atoms with Gasteiger partial charge in [0.15, 0.2) is 10.9 Å². The molecule has 0 saturated carbocycles. The van der Waals surface area contributed by atoms with Crippen molar-refractivity contribution in [2.45, 2.75) is 37.9 Å². The molecular weight excluding hydrogens is 348 g/mol. The lowest BCUT2D eigenvalue weighted by Crippen LogP contribution is -2.46. The predicted octanol–water partition coefficient (Wildman–Crippen LogP) is 2.29. The molecule has 0 atom stereocenters. The van der Waals surface area contributed by atoms with Gasteiger partial charge in [-0.2, -0.15) is 5.10 Å². The first-order valence-corrected chi connectivity index (χ1v) is 10.0. The number of hydrogen-bond donors (Lipinski definition) is 0. The minimum atomic E-state index is -0.00491. The number of nitrogens with zero attached hydrogens (tertiary/aromatic N) is 6. The molecule has 1 amide bonds. The van der Waals surface area contributed by atoms with Crippen LogP contribution in [0.4, 0.5) is 5.82 Å². The molecule has 0 unspecified atom stereocenters. The largest absolute Gasteiger partial charge is 0.356 e. The van der Waals surface area contributed by atoms with Crippen LogP contribution in [0, 0.1) is 13.8 Å². The number of amides is 1. The van der Waals surface area contributed by atoms with E-state index in [1.165, 1.54) is 0 Å². The lowest BCUT2D eigenvalue weighted by molar-refractivity contribution is 0.0702. The van der Waals surface area contributed by atoms with Crippen LogP contribution in [0.2, 0.25) is 0 Å². The van der Waals surface area contributed by atoms with Gasteiger partial charge in [0, 0.05) is 50.7 Å². The van der Waals surface area contributed by atoms with E-state index in [-0.39, 0.29) is 11.9 Å². The van der Waals surface area contributed by atoms with Crippen LogP contribution < -0.4 is 4.90 Å².